The lowest BCUT2D eigenvalue weighted by Gasteiger charge is -2.26. The Hall–Kier alpha value is -0.830. The van der Waals surface area contributed by atoms with E-state index in [0.29, 0.717) is 6.61 Å². The fraction of sp³-hybridized carbons (Fsp3) is 0.700. The predicted octanol–water partition coefficient (Wildman–Crippen LogP) is 1.90. The van der Waals surface area contributed by atoms with Gasteiger partial charge in [-0.25, -0.2) is 5.06 Å². The van der Waals surface area contributed by atoms with Crippen molar-refractivity contribution < 1.29 is 9.63 Å². The van der Waals surface area contributed by atoms with Gasteiger partial charge in [0.1, 0.15) is 0 Å². The number of hydrogen-bond donors (Lipinski definition) is 0. The van der Waals surface area contributed by atoms with E-state index in [1.807, 2.05) is 20.8 Å². The van der Waals surface area contributed by atoms with E-state index in [2.05, 4.69) is 0 Å². The van der Waals surface area contributed by atoms with Gasteiger partial charge in [-0.15, -0.1) is 0 Å². The second kappa shape index (κ2) is 4.42. The molecule has 0 atom stereocenters. The second-order valence-corrected chi connectivity index (χ2v) is 3.57. The minimum atomic E-state index is 0.0136. The van der Waals surface area contributed by atoms with Gasteiger partial charge in [0.25, 0.3) is 5.91 Å². The lowest BCUT2D eigenvalue weighted by Crippen LogP contribution is -2.36. The average molecular weight is 183 g/mol. The second-order valence-electron chi connectivity index (χ2n) is 3.57. The number of carbonyl (C=O) groups excluding carboxylic acids is 1. The minimum absolute atomic E-state index is 0.0136. The number of amides is 1. The van der Waals surface area contributed by atoms with Crippen LogP contribution in [0.3, 0.4) is 0 Å². The Labute approximate surface area is 79.3 Å². The van der Waals surface area contributed by atoms with Gasteiger partial charge in [-0.1, -0.05) is 5.57 Å². The zero-order valence-electron chi connectivity index (χ0n) is 8.59. The lowest BCUT2D eigenvalue weighted by atomic mass is 10.1. The summed E-state index contributed by atoms with van der Waals surface area (Å²) in [5.74, 6) is 0.0136. The van der Waals surface area contributed by atoms with E-state index >= 15 is 0 Å². The SMILES string of the molecule is CC(C)=C(C)C(=O)N1CCCCO1. The molecule has 1 rings (SSSR count). The summed E-state index contributed by atoms with van der Waals surface area (Å²) in [6.07, 6.45) is 2.10. The maximum absolute atomic E-state index is 11.7. The summed E-state index contributed by atoms with van der Waals surface area (Å²) in [6.45, 7) is 7.12. The molecule has 3 nitrogen and oxygen atoms in total. The van der Waals surface area contributed by atoms with Gasteiger partial charge in [-0.2, -0.15) is 0 Å². The third-order valence-corrected chi connectivity index (χ3v) is 2.30. The van der Waals surface area contributed by atoms with Crippen LogP contribution in [-0.4, -0.2) is 24.1 Å². The van der Waals surface area contributed by atoms with Crippen LogP contribution >= 0.6 is 0 Å². The Balaban J connectivity index is 2.61. The van der Waals surface area contributed by atoms with Crippen LogP contribution in [0.2, 0.25) is 0 Å². The fourth-order valence-corrected chi connectivity index (χ4v) is 1.16. The molecule has 1 saturated heterocycles. The van der Waals surface area contributed by atoms with Crippen LogP contribution in [0.5, 0.6) is 0 Å². The Morgan fingerprint density at radius 2 is 1.92 bits per heavy atom. The van der Waals surface area contributed by atoms with Crippen molar-refractivity contribution in [2.24, 2.45) is 0 Å². The van der Waals surface area contributed by atoms with Crippen molar-refractivity contribution in [2.75, 3.05) is 13.2 Å². The third kappa shape index (κ3) is 2.56. The number of rotatable bonds is 1. The molecule has 0 bridgehead atoms. The molecule has 3 heteroatoms. The van der Waals surface area contributed by atoms with Crippen molar-refractivity contribution in [3.05, 3.63) is 11.1 Å². The van der Waals surface area contributed by atoms with Crippen LogP contribution in [0.25, 0.3) is 0 Å². The van der Waals surface area contributed by atoms with Crippen molar-refractivity contribution in [2.45, 2.75) is 33.6 Å². The predicted molar refractivity (Wildman–Crippen MR) is 50.9 cm³/mol. The highest BCUT2D eigenvalue weighted by molar-refractivity contribution is 5.92. The number of hydrogen-bond acceptors (Lipinski definition) is 2. The number of carbonyl (C=O) groups is 1. The van der Waals surface area contributed by atoms with E-state index in [1.165, 1.54) is 5.06 Å². The van der Waals surface area contributed by atoms with Crippen molar-refractivity contribution >= 4 is 5.91 Å². The van der Waals surface area contributed by atoms with Gasteiger partial charge in [0, 0.05) is 12.1 Å². The molecule has 0 saturated carbocycles. The van der Waals surface area contributed by atoms with Gasteiger partial charge in [0.15, 0.2) is 0 Å². The summed E-state index contributed by atoms with van der Waals surface area (Å²) >= 11 is 0. The molecule has 0 aliphatic carbocycles. The quantitative estimate of drug-likeness (QED) is 0.581. The van der Waals surface area contributed by atoms with Gasteiger partial charge < -0.3 is 0 Å². The van der Waals surface area contributed by atoms with Gasteiger partial charge in [0.05, 0.1) is 6.61 Å². The summed E-state index contributed by atoms with van der Waals surface area (Å²) < 4.78 is 0. The molecule has 0 aromatic heterocycles. The van der Waals surface area contributed by atoms with Gasteiger partial charge in [0.2, 0.25) is 0 Å². The highest BCUT2D eigenvalue weighted by atomic mass is 16.7. The number of nitrogens with zero attached hydrogens (tertiary/aromatic N) is 1. The Morgan fingerprint density at radius 3 is 2.38 bits per heavy atom. The number of allylic oxidation sites excluding steroid dienone is 1. The van der Waals surface area contributed by atoms with Crippen LogP contribution in [0, 0.1) is 0 Å². The van der Waals surface area contributed by atoms with Crippen LogP contribution in [0.1, 0.15) is 33.6 Å². The molecule has 1 aliphatic heterocycles. The molecular weight excluding hydrogens is 166 g/mol. The molecule has 1 fully saturated rings. The summed E-state index contributed by atoms with van der Waals surface area (Å²) in [7, 11) is 0. The fourth-order valence-electron chi connectivity index (χ4n) is 1.16. The molecule has 1 heterocycles. The zero-order valence-corrected chi connectivity index (χ0v) is 8.59. The van der Waals surface area contributed by atoms with Crippen LogP contribution in [-0.2, 0) is 9.63 Å². The molecular formula is C10H17NO2. The standard InChI is InChI=1S/C10H17NO2/c1-8(2)9(3)10(12)11-6-4-5-7-13-11/h4-7H2,1-3H3. The van der Waals surface area contributed by atoms with Crippen molar-refractivity contribution in [3.63, 3.8) is 0 Å². The molecule has 1 aliphatic rings. The average Bonchev–Trinajstić information content (AvgIpc) is 2.17. The van der Waals surface area contributed by atoms with E-state index in [4.69, 9.17) is 4.84 Å². The van der Waals surface area contributed by atoms with Crippen molar-refractivity contribution in [1.82, 2.24) is 5.06 Å². The maximum atomic E-state index is 11.7. The Bertz CT molecular complexity index is 223. The van der Waals surface area contributed by atoms with E-state index in [9.17, 15) is 4.79 Å². The summed E-state index contributed by atoms with van der Waals surface area (Å²) in [4.78, 5) is 16.9. The van der Waals surface area contributed by atoms with Gasteiger partial charge in [-0.05, 0) is 33.6 Å². The molecule has 0 N–H and O–H groups in total. The highest BCUT2D eigenvalue weighted by Crippen LogP contribution is 2.12. The molecule has 0 radical (unpaired) electrons. The first-order chi connectivity index (χ1) is 6.13. The van der Waals surface area contributed by atoms with Gasteiger partial charge in [-0.3, -0.25) is 9.63 Å². The largest absolute Gasteiger partial charge is 0.272 e. The molecule has 0 aromatic carbocycles. The summed E-state index contributed by atoms with van der Waals surface area (Å²) in [6, 6.07) is 0. The molecule has 0 aromatic rings. The molecule has 1 amide bonds. The Morgan fingerprint density at radius 1 is 1.23 bits per heavy atom. The topological polar surface area (TPSA) is 29.5 Å². The highest BCUT2D eigenvalue weighted by Gasteiger charge is 2.19. The van der Waals surface area contributed by atoms with Crippen molar-refractivity contribution in [3.8, 4) is 0 Å². The van der Waals surface area contributed by atoms with E-state index in [1.54, 1.807) is 0 Å². The van der Waals surface area contributed by atoms with E-state index in [-0.39, 0.29) is 5.91 Å². The summed E-state index contributed by atoms with van der Waals surface area (Å²) in [5, 5.41) is 1.48. The molecule has 13 heavy (non-hydrogen) atoms. The first-order valence-electron chi connectivity index (χ1n) is 4.72. The zero-order chi connectivity index (χ0) is 9.84. The monoisotopic (exact) mass is 183 g/mol. The molecule has 0 spiro atoms. The van der Waals surface area contributed by atoms with E-state index < -0.39 is 0 Å². The molecule has 0 unspecified atom stereocenters. The first kappa shape index (κ1) is 10.3. The third-order valence-electron chi connectivity index (χ3n) is 2.30. The smallest absolute Gasteiger partial charge is 0.271 e. The van der Waals surface area contributed by atoms with Crippen LogP contribution < -0.4 is 0 Å². The number of hydroxylamine groups is 2. The van der Waals surface area contributed by atoms with Crippen LogP contribution in [0.4, 0.5) is 0 Å². The minimum Gasteiger partial charge on any atom is -0.271 e. The molecule has 74 valence electrons. The maximum Gasteiger partial charge on any atom is 0.272 e. The first-order valence-corrected chi connectivity index (χ1v) is 4.72. The van der Waals surface area contributed by atoms with Crippen LogP contribution in [0.15, 0.2) is 11.1 Å². The Kier molecular flexibility index (Phi) is 3.48. The summed E-state index contributed by atoms with van der Waals surface area (Å²) in [5.41, 5.74) is 1.85. The normalized spacial score (nSPS) is 17.0. The van der Waals surface area contributed by atoms with E-state index in [0.717, 1.165) is 30.5 Å². The lowest BCUT2D eigenvalue weighted by molar-refractivity contribution is -0.192. The van der Waals surface area contributed by atoms with Gasteiger partial charge >= 0.3 is 0 Å². The van der Waals surface area contributed by atoms with Crippen molar-refractivity contribution in [1.29, 1.82) is 0 Å².